The van der Waals surface area contributed by atoms with Crippen LogP contribution in [-0.2, 0) is 6.54 Å². The first-order valence-electron chi connectivity index (χ1n) is 6.77. The number of halogens is 2. The van der Waals surface area contributed by atoms with Gasteiger partial charge in [-0.2, -0.15) is 0 Å². The first-order valence-corrected chi connectivity index (χ1v) is 7.15. The van der Waals surface area contributed by atoms with Crippen LogP contribution in [0.2, 0.25) is 5.02 Å². The van der Waals surface area contributed by atoms with Crippen molar-refractivity contribution in [2.45, 2.75) is 6.54 Å². The Morgan fingerprint density at radius 1 is 1.13 bits per heavy atom. The lowest BCUT2D eigenvalue weighted by Gasteiger charge is -2.18. The Morgan fingerprint density at radius 2 is 1.83 bits per heavy atom. The minimum atomic E-state index is -0.533. The van der Waals surface area contributed by atoms with E-state index in [1.54, 1.807) is 25.2 Å². The van der Waals surface area contributed by atoms with Crippen LogP contribution < -0.4 is 10.9 Å². The van der Waals surface area contributed by atoms with E-state index in [0.29, 0.717) is 11.6 Å². The minimum absolute atomic E-state index is 0.240. The average Bonchev–Trinajstić information content (AvgIpc) is 2.53. The lowest BCUT2D eigenvalue weighted by Crippen LogP contribution is -2.47. The summed E-state index contributed by atoms with van der Waals surface area (Å²) in [6.45, 7) is 0.332. The molecule has 2 aromatic rings. The number of nitrogens with zero attached hydrogens (tertiary/aromatic N) is 1. The number of amides is 3. The first kappa shape index (κ1) is 16.8. The molecule has 0 bridgehead atoms. The Labute approximate surface area is 138 Å². The van der Waals surface area contributed by atoms with Gasteiger partial charge in [0.15, 0.2) is 0 Å². The van der Waals surface area contributed by atoms with Crippen LogP contribution >= 0.6 is 11.6 Å². The molecule has 120 valence electrons. The molecule has 0 aromatic heterocycles. The van der Waals surface area contributed by atoms with Gasteiger partial charge >= 0.3 is 6.03 Å². The third-order valence-electron chi connectivity index (χ3n) is 3.04. The highest BCUT2D eigenvalue weighted by atomic mass is 35.5. The van der Waals surface area contributed by atoms with Gasteiger partial charge in [-0.15, -0.1) is 0 Å². The van der Waals surface area contributed by atoms with Crippen molar-refractivity contribution in [3.8, 4) is 0 Å². The summed E-state index contributed by atoms with van der Waals surface area (Å²) in [4.78, 5) is 25.1. The highest BCUT2D eigenvalue weighted by molar-refractivity contribution is 6.30. The lowest BCUT2D eigenvalue weighted by atomic mass is 10.2. The monoisotopic (exact) mass is 335 g/mol. The topological polar surface area (TPSA) is 61.4 Å². The second-order valence-electron chi connectivity index (χ2n) is 4.88. The van der Waals surface area contributed by atoms with E-state index in [9.17, 15) is 14.0 Å². The van der Waals surface area contributed by atoms with E-state index < -0.39 is 17.8 Å². The third kappa shape index (κ3) is 4.96. The normalized spacial score (nSPS) is 10.0. The van der Waals surface area contributed by atoms with Gasteiger partial charge in [-0.3, -0.25) is 10.2 Å². The molecule has 3 amide bonds. The van der Waals surface area contributed by atoms with Crippen molar-refractivity contribution in [2.75, 3.05) is 7.05 Å². The summed E-state index contributed by atoms with van der Waals surface area (Å²) in [6, 6.07) is 11.6. The van der Waals surface area contributed by atoms with Crippen molar-refractivity contribution in [1.29, 1.82) is 0 Å². The second-order valence-corrected chi connectivity index (χ2v) is 5.31. The molecule has 23 heavy (non-hydrogen) atoms. The van der Waals surface area contributed by atoms with Gasteiger partial charge in [0.25, 0.3) is 5.91 Å². The Morgan fingerprint density at radius 3 is 2.48 bits per heavy atom. The highest BCUT2D eigenvalue weighted by Gasteiger charge is 2.11. The predicted octanol–water partition coefficient (Wildman–Crippen LogP) is 2.97. The quantitative estimate of drug-likeness (QED) is 0.847. The van der Waals surface area contributed by atoms with Gasteiger partial charge in [-0.05, 0) is 42.0 Å². The van der Waals surface area contributed by atoms with Crippen LogP contribution in [0.4, 0.5) is 9.18 Å². The van der Waals surface area contributed by atoms with Crippen LogP contribution in [0.3, 0.4) is 0 Å². The third-order valence-corrected chi connectivity index (χ3v) is 3.28. The maximum Gasteiger partial charge on any atom is 0.336 e. The van der Waals surface area contributed by atoms with E-state index in [1.165, 1.54) is 29.2 Å². The molecule has 0 saturated carbocycles. The summed E-state index contributed by atoms with van der Waals surface area (Å²) in [5, 5.41) is 0.584. The molecular formula is C16H15ClFN3O2. The largest absolute Gasteiger partial charge is 0.336 e. The summed E-state index contributed by atoms with van der Waals surface area (Å²) in [5.41, 5.74) is 5.66. The average molecular weight is 336 g/mol. The van der Waals surface area contributed by atoms with Crippen molar-refractivity contribution in [3.63, 3.8) is 0 Å². The number of benzene rings is 2. The van der Waals surface area contributed by atoms with Crippen LogP contribution in [0.5, 0.6) is 0 Å². The number of carbonyl (C=O) groups excluding carboxylic acids is 2. The van der Waals surface area contributed by atoms with E-state index >= 15 is 0 Å². The van der Waals surface area contributed by atoms with Crippen molar-refractivity contribution in [2.24, 2.45) is 0 Å². The van der Waals surface area contributed by atoms with Crippen LogP contribution in [0, 0.1) is 5.82 Å². The van der Waals surface area contributed by atoms with Crippen LogP contribution in [0.25, 0.3) is 0 Å². The fourth-order valence-corrected chi connectivity index (χ4v) is 2.07. The van der Waals surface area contributed by atoms with Crippen molar-refractivity contribution in [1.82, 2.24) is 15.8 Å². The maximum absolute atomic E-state index is 12.8. The number of hydrogen-bond acceptors (Lipinski definition) is 2. The Balaban J connectivity index is 1.86. The van der Waals surface area contributed by atoms with Crippen molar-refractivity contribution in [3.05, 3.63) is 70.5 Å². The summed E-state index contributed by atoms with van der Waals surface area (Å²) in [7, 11) is 1.58. The molecule has 0 spiro atoms. The minimum Gasteiger partial charge on any atom is -0.322 e. The lowest BCUT2D eigenvalue weighted by molar-refractivity contribution is 0.0931. The molecule has 0 atom stereocenters. The number of urea groups is 1. The van der Waals surface area contributed by atoms with E-state index in [-0.39, 0.29) is 5.56 Å². The van der Waals surface area contributed by atoms with Gasteiger partial charge in [0.1, 0.15) is 5.82 Å². The molecule has 2 N–H and O–H groups in total. The number of hydrogen-bond donors (Lipinski definition) is 2. The molecule has 2 rings (SSSR count). The fraction of sp³-hybridized carbons (Fsp3) is 0.125. The van der Waals surface area contributed by atoms with Gasteiger partial charge in [0, 0.05) is 24.2 Å². The van der Waals surface area contributed by atoms with Gasteiger partial charge in [-0.25, -0.2) is 14.6 Å². The Bertz CT molecular complexity index is 707. The van der Waals surface area contributed by atoms with Gasteiger partial charge in [0.2, 0.25) is 0 Å². The molecule has 0 aliphatic carbocycles. The highest BCUT2D eigenvalue weighted by Crippen LogP contribution is 2.12. The molecule has 2 aromatic carbocycles. The Hall–Kier alpha value is -2.60. The first-order chi connectivity index (χ1) is 11.0. The molecule has 0 heterocycles. The number of nitrogens with one attached hydrogen (secondary N) is 2. The van der Waals surface area contributed by atoms with E-state index in [4.69, 9.17) is 11.6 Å². The summed E-state index contributed by atoms with van der Waals surface area (Å²) in [6.07, 6.45) is 0. The summed E-state index contributed by atoms with van der Waals surface area (Å²) in [5.74, 6) is -0.971. The standard InChI is InChI=1S/C16H15ClFN3O2/c1-21(10-11-3-2-4-13(17)9-11)16(23)20-19-15(22)12-5-7-14(18)8-6-12/h2-9H,10H2,1H3,(H,19,22)(H,20,23). The molecule has 0 radical (unpaired) electrons. The zero-order valence-electron chi connectivity index (χ0n) is 12.3. The van der Waals surface area contributed by atoms with Gasteiger partial charge in [-0.1, -0.05) is 23.7 Å². The van der Waals surface area contributed by atoms with Crippen LogP contribution in [0.1, 0.15) is 15.9 Å². The van der Waals surface area contributed by atoms with Crippen molar-refractivity contribution >= 4 is 23.5 Å². The second kappa shape index (κ2) is 7.60. The molecular weight excluding hydrogens is 321 g/mol. The van der Waals surface area contributed by atoms with Crippen LogP contribution in [-0.4, -0.2) is 23.9 Å². The number of hydrazine groups is 1. The maximum atomic E-state index is 12.8. The van der Waals surface area contributed by atoms with Crippen molar-refractivity contribution < 1.29 is 14.0 Å². The molecule has 7 heteroatoms. The van der Waals surface area contributed by atoms with Gasteiger partial charge in [0.05, 0.1) is 0 Å². The molecule has 0 unspecified atom stereocenters. The smallest absolute Gasteiger partial charge is 0.322 e. The number of rotatable bonds is 3. The summed E-state index contributed by atoms with van der Waals surface area (Å²) >= 11 is 5.89. The van der Waals surface area contributed by atoms with Gasteiger partial charge < -0.3 is 4.90 Å². The van der Waals surface area contributed by atoms with E-state index in [2.05, 4.69) is 10.9 Å². The molecule has 0 fully saturated rings. The van der Waals surface area contributed by atoms with E-state index in [0.717, 1.165) is 5.56 Å². The molecule has 0 saturated heterocycles. The molecule has 5 nitrogen and oxygen atoms in total. The van der Waals surface area contributed by atoms with Crippen LogP contribution in [0.15, 0.2) is 48.5 Å². The zero-order valence-corrected chi connectivity index (χ0v) is 13.1. The Kier molecular flexibility index (Phi) is 5.54. The SMILES string of the molecule is CN(Cc1cccc(Cl)c1)C(=O)NNC(=O)c1ccc(F)cc1. The fourth-order valence-electron chi connectivity index (χ4n) is 1.86. The van der Waals surface area contributed by atoms with E-state index in [1.807, 2.05) is 6.07 Å². The molecule has 0 aliphatic rings. The summed E-state index contributed by atoms with van der Waals surface area (Å²) < 4.78 is 12.8. The predicted molar refractivity (Wildman–Crippen MR) is 85.3 cm³/mol. The molecule has 0 aliphatic heterocycles. The number of carbonyl (C=O) groups is 2. The zero-order chi connectivity index (χ0) is 16.8.